The van der Waals surface area contributed by atoms with Gasteiger partial charge < -0.3 is 0 Å². The summed E-state index contributed by atoms with van der Waals surface area (Å²) in [7, 11) is 0. The molecule has 0 heteroatoms. The maximum atomic E-state index is 2.43. The summed E-state index contributed by atoms with van der Waals surface area (Å²) in [5, 5.41) is 0. The molecule has 2 aromatic carbocycles. The Morgan fingerprint density at radius 2 is 1.26 bits per heavy atom. The zero-order valence-electron chi connectivity index (χ0n) is 11.5. The fourth-order valence-electron chi connectivity index (χ4n) is 2.91. The Kier molecular flexibility index (Phi) is 3.50. The van der Waals surface area contributed by atoms with Crippen LogP contribution in [0.5, 0.6) is 0 Å². The molecule has 0 unspecified atom stereocenters. The fraction of sp³-hybridized carbons (Fsp3) is 0.263. The molecule has 0 amide bonds. The van der Waals surface area contributed by atoms with E-state index in [1.807, 2.05) is 0 Å². The maximum absolute atomic E-state index is 2.43. The minimum absolute atomic E-state index is 1.19. The van der Waals surface area contributed by atoms with Gasteiger partial charge in [-0.1, -0.05) is 74.4 Å². The first-order valence-electron chi connectivity index (χ1n) is 7.31. The zero-order chi connectivity index (χ0) is 13.1. The normalized spacial score (nSPS) is 12.2. The highest BCUT2D eigenvalue weighted by atomic mass is 14.2. The van der Waals surface area contributed by atoms with Gasteiger partial charge in [0.1, 0.15) is 0 Å². The third-order valence-electron chi connectivity index (χ3n) is 3.88. The predicted octanol–water partition coefficient (Wildman–Crippen LogP) is 5.68. The van der Waals surface area contributed by atoms with Gasteiger partial charge in [-0.25, -0.2) is 0 Å². The molecule has 0 nitrogen and oxygen atoms in total. The Balaban J connectivity index is 2.00. The maximum Gasteiger partial charge on any atom is -0.00991 e. The molecule has 0 bridgehead atoms. The summed E-state index contributed by atoms with van der Waals surface area (Å²) in [4.78, 5) is 0. The lowest BCUT2D eigenvalue weighted by Crippen LogP contribution is -1.81. The molecule has 1 aliphatic rings. The van der Waals surface area contributed by atoms with E-state index in [-0.39, 0.29) is 0 Å². The topological polar surface area (TPSA) is 0 Å². The molecule has 0 fully saturated rings. The van der Waals surface area contributed by atoms with Gasteiger partial charge in [-0.05, 0) is 40.7 Å². The molecule has 0 atom stereocenters. The second-order valence-electron chi connectivity index (χ2n) is 5.20. The quantitative estimate of drug-likeness (QED) is 0.521. The van der Waals surface area contributed by atoms with Crippen LogP contribution >= 0.6 is 0 Å². The lowest BCUT2D eigenvalue weighted by atomic mass is 10.0. The number of unbranched alkanes of at least 4 members (excludes halogenated alkanes) is 3. The second kappa shape index (κ2) is 5.44. The van der Waals surface area contributed by atoms with Gasteiger partial charge in [0.2, 0.25) is 0 Å². The van der Waals surface area contributed by atoms with E-state index in [0.29, 0.717) is 0 Å². The Morgan fingerprint density at radius 1 is 0.737 bits per heavy atom. The lowest BCUT2D eigenvalue weighted by Gasteiger charge is -2.02. The predicted molar refractivity (Wildman–Crippen MR) is 83.1 cm³/mol. The molecule has 1 aliphatic carbocycles. The summed E-state index contributed by atoms with van der Waals surface area (Å²) in [5.41, 5.74) is 7.02. The summed E-state index contributed by atoms with van der Waals surface area (Å²) >= 11 is 0. The highest BCUT2D eigenvalue weighted by molar-refractivity contribution is 6.00. The molecule has 0 N–H and O–H groups in total. The van der Waals surface area contributed by atoms with Crippen molar-refractivity contribution in [3.8, 4) is 11.1 Å². The van der Waals surface area contributed by atoms with Crippen molar-refractivity contribution in [3.63, 3.8) is 0 Å². The Bertz CT molecular complexity index is 557. The van der Waals surface area contributed by atoms with Gasteiger partial charge >= 0.3 is 0 Å². The molecule has 19 heavy (non-hydrogen) atoms. The summed E-state index contributed by atoms with van der Waals surface area (Å²) < 4.78 is 0. The number of allylic oxidation sites excluding steroid dienone is 1. The molecular formula is C19H20. The van der Waals surface area contributed by atoms with E-state index in [1.54, 1.807) is 0 Å². The third kappa shape index (κ3) is 2.23. The van der Waals surface area contributed by atoms with Crippen LogP contribution in [0, 0.1) is 0 Å². The first-order valence-corrected chi connectivity index (χ1v) is 7.31. The SMILES string of the molecule is CCCCCC=C1c2ccccc2-c2ccccc21. The molecule has 96 valence electrons. The van der Waals surface area contributed by atoms with Crippen LogP contribution in [0.3, 0.4) is 0 Å². The average Bonchev–Trinajstić information content (AvgIpc) is 2.78. The van der Waals surface area contributed by atoms with E-state index in [0.717, 1.165) is 0 Å². The fourth-order valence-corrected chi connectivity index (χ4v) is 2.91. The number of rotatable bonds is 4. The third-order valence-corrected chi connectivity index (χ3v) is 3.88. The molecular weight excluding hydrogens is 228 g/mol. The van der Waals surface area contributed by atoms with Crippen molar-refractivity contribution >= 4 is 5.57 Å². The van der Waals surface area contributed by atoms with Crippen molar-refractivity contribution in [2.45, 2.75) is 32.6 Å². The van der Waals surface area contributed by atoms with Gasteiger partial charge in [0.05, 0.1) is 0 Å². The Morgan fingerprint density at radius 3 is 1.79 bits per heavy atom. The Labute approximate surface area is 115 Å². The molecule has 0 spiro atoms. The van der Waals surface area contributed by atoms with Crippen LogP contribution in [0.25, 0.3) is 16.7 Å². The first kappa shape index (κ1) is 12.2. The number of fused-ring (bicyclic) bond motifs is 3. The summed E-state index contributed by atoms with van der Waals surface area (Å²) in [6.07, 6.45) is 7.53. The van der Waals surface area contributed by atoms with Gasteiger partial charge in [-0.2, -0.15) is 0 Å². The zero-order valence-corrected chi connectivity index (χ0v) is 11.5. The van der Waals surface area contributed by atoms with E-state index in [4.69, 9.17) is 0 Å². The molecule has 0 saturated heterocycles. The molecule has 0 heterocycles. The second-order valence-corrected chi connectivity index (χ2v) is 5.20. The molecule has 2 aromatic rings. The van der Waals surface area contributed by atoms with Crippen LogP contribution in [0.15, 0.2) is 54.6 Å². The van der Waals surface area contributed by atoms with Crippen molar-refractivity contribution in [1.82, 2.24) is 0 Å². The molecule has 0 radical (unpaired) electrons. The van der Waals surface area contributed by atoms with Crippen molar-refractivity contribution in [3.05, 3.63) is 65.7 Å². The highest BCUT2D eigenvalue weighted by Crippen LogP contribution is 2.43. The summed E-state index contributed by atoms with van der Waals surface area (Å²) in [5.74, 6) is 0. The minimum atomic E-state index is 1.19. The molecule has 0 aliphatic heterocycles. The highest BCUT2D eigenvalue weighted by Gasteiger charge is 2.21. The van der Waals surface area contributed by atoms with Crippen molar-refractivity contribution in [1.29, 1.82) is 0 Å². The van der Waals surface area contributed by atoms with Crippen LogP contribution in [-0.4, -0.2) is 0 Å². The number of hydrogen-bond donors (Lipinski definition) is 0. The largest absolute Gasteiger partial charge is 0.0760 e. The minimum Gasteiger partial charge on any atom is -0.0760 e. The van der Waals surface area contributed by atoms with Crippen LogP contribution < -0.4 is 0 Å². The first-order chi connectivity index (χ1) is 9.42. The molecule has 0 aromatic heterocycles. The van der Waals surface area contributed by atoms with Crippen LogP contribution in [-0.2, 0) is 0 Å². The van der Waals surface area contributed by atoms with Gasteiger partial charge in [0.15, 0.2) is 0 Å². The number of hydrogen-bond acceptors (Lipinski definition) is 0. The van der Waals surface area contributed by atoms with Gasteiger partial charge in [-0.15, -0.1) is 0 Å². The van der Waals surface area contributed by atoms with E-state index in [9.17, 15) is 0 Å². The standard InChI is InChI=1S/C19H20/c1-2-3-4-5-10-15-16-11-6-8-13-18(16)19-14-9-7-12-17(15)19/h6-14H,2-5H2,1H3. The van der Waals surface area contributed by atoms with Gasteiger partial charge in [0.25, 0.3) is 0 Å². The summed E-state index contributed by atoms with van der Waals surface area (Å²) in [6.45, 7) is 2.26. The van der Waals surface area contributed by atoms with Crippen molar-refractivity contribution in [2.75, 3.05) is 0 Å². The van der Waals surface area contributed by atoms with E-state index in [2.05, 4.69) is 61.5 Å². The summed E-state index contributed by atoms with van der Waals surface area (Å²) in [6, 6.07) is 17.5. The van der Waals surface area contributed by atoms with Gasteiger partial charge in [0, 0.05) is 0 Å². The molecule has 0 saturated carbocycles. The van der Waals surface area contributed by atoms with E-state index < -0.39 is 0 Å². The van der Waals surface area contributed by atoms with Crippen molar-refractivity contribution < 1.29 is 0 Å². The smallest absolute Gasteiger partial charge is 0.00991 e. The van der Waals surface area contributed by atoms with Crippen molar-refractivity contribution in [2.24, 2.45) is 0 Å². The average molecular weight is 248 g/mol. The van der Waals surface area contributed by atoms with Crippen LogP contribution in [0.2, 0.25) is 0 Å². The number of benzene rings is 2. The van der Waals surface area contributed by atoms with Gasteiger partial charge in [-0.3, -0.25) is 0 Å². The van der Waals surface area contributed by atoms with E-state index in [1.165, 1.54) is 53.5 Å². The molecule has 3 rings (SSSR count). The lowest BCUT2D eigenvalue weighted by molar-refractivity contribution is 0.730. The monoisotopic (exact) mass is 248 g/mol. The van der Waals surface area contributed by atoms with Crippen LogP contribution in [0.1, 0.15) is 43.7 Å². The van der Waals surface area contributed by atoms with Crippen LogP contribution in [0.4, 0.5) is 0 Å². The van der Waals surface area contributed by atoms with E-state index >= 15 is 0 Å². The Hall–Kier alpha value is -1.82.